The number of para-hydroxylation sites is 2. The molecule has 140 valence electrons. The fourth-order valence-corrected chi connectivity index (χ4v) is 2.78. The largest absolute Gasteiger partial charge is 0.573 e. The van der Waals surface area contributed by atoms with Crippen molar-refractivity contribution >= 4 is 0 Å². The summed E-state index contributed by atoms with van der Waals surface area (Å²) in [7, 11) is 0. The van der Waals surface area contributed by atoms with Gasteiger partial charge in [-0.2, -0.15) is 0 Å². The van der Waals surface area contributed by atoms with Gasteiger partial charge in [0.05, 0.1) is 12.3 Å². The second-order valence-corrected chi connectivity index (χ2v) is 5.85. The minimum absolute atomic E-state index is 0.0194. The molecular weight excluding hydrogens is 349 g/mol. The lowest BCUT2D eigenvalue weighted by Crippen LogP contribution is -2.43. The van der Waals surface area contributed by atoms with Crippen LogP contribution in [-0.4, -0.2) is 37.1 Å². The van der Waals surface area contributed by atoms with Crippen molar-refractivity contribution in [2.45, 2.75) is 25.5 Å². The van der Waals surface area contributed by atoms with E-state index in [0.717, 1.165) is 5.56 Å². The summed E-state index contributed by atoms with van der Waals surface area (Å²) >= 11 is 0. The van der Waals surface area contributed by atoms with Crippen LogP contribution in [0.5, 0.6) is 11.5 Å². The molecule has 1 saturated heterocycles. The summed E-state index contributed by atoms with van der Waals surface area (Å²) in [5, 5.41) is 3.20. The molecule has 0 radical (unpaired) electrons. The van der Waals surface area contributed by atoms with Crippen molar-refractivity contribution in [2.24, 2.45) is 0 Å². The number of pyridine rings is 1. The van der Waals surface area contributed by atoms with Crippen LogP contribution in [0.3, 0.4) is 0 Å². The van der Waals surface area contributed by atoms with Gasteiger partial charge in [-0.15, -0.1) is 13.2 Å². The minimum Gasteiger partial charge on any atom is -0.477 e. The topological polar surface area (TPSA) is 52.6 Å². The van der Waals surface area contributed by atoms with E-state index in [0.29, 0.717) is 25.4 Å². The zero-order chi connectivity index (χ0) is 18.6. The molecule has 1 fully saturated rings. The first-order valence-corrected chi connectivity index (χ1v) is 8.19. The highest BCUT2D eigenvalue weighted by atomic mass is 19.4. The molecule has 2 heterocycles. The molecule has 0 aliphatic carbocycles. The molecule has 3 rings (SSSR count). The van der Waals surface area contributed by atoms with E-state index in [1.54, 1.807) is 18.3 Å². The van der Waals surface area contributed by atoms with Crippen LogP contribution in [-0.2, 0) is 4.74 Å². The number of aryl methyl sites for hydroxylation is 1. The Hall–Kier alpha value is -2.32. The van der Waals surface area contributed by atoms with Gasteiger partial charge in [-0.25, -0.2) is 0 Å². The average molecular weight is 368 g/mol. The lowest BCUT2D eigenvalue weighted by molar-refractivity contribution is -0.275. The fourth-order valence-electron chi connectivity index (χ4n) is 2.78. The molecule has 0 bridgehead atoms. The highest BCUT2D eigenvalue weighted by Crippen LogP contribution is 2.36. The molecule has 26 heavy (non-hydrogen) atoms. The number of nitrogens with zero attached hydrogens (tertiary/aromatic N) is 1. The normalized spacial score (nSPS) is 19.0. The summed E-state index contributed by atoms with van der Waals surface area (Å²) in [5.74, 6) is -0.420. The fraction of sp³-hybridized carbons (Fsp3) is 0.389. The van der Waals surface area contributed by atoms with Gasteiger partial charge in [-0.1, -0.05) is 18.2 Å². The number of benzene rings is 1. The van der Waals surface area contributed by atoms with Gasteiger partial charge in [-0.3, -0.25) is 4.98 Å². The van der Waals surface area contributed by atoms with Crippen LogP contribution in [0.25, 0.3) is 0 Å². The zero-order valence-electron chi connectivity index (χ0n) is 14.1. The van der Waals surface area contributed by atoms with Gasteiger partial charge >= 0.3 is 6.36 Å². The Morgan fingerprint density at radius 2 is 1.96 bits per heavy atom. The molecule has 5 nitrogen and oxygen atoms in total. The van der Waals surface area contributed by atoms with Gasteiger partial charge in [0, 0.05) is 19.3 Å². The number of ether oxygens (including phenoxy) is 3. The van der Waals surface area contributed by atoms with Crippen LogP contribution in [0.15, 0.2) is 42.6 Å². The number of morpholine rings is 1. The van der Waals surface area contributed by atoms with Crippen LogP contribution in [0.1, 0.15) is 17.4 Å². The van der Waals surface area contributed by atoms with Crippen LogP contribution in [0.2, 0.25) is 0 Å². The Bertz CT molecular complexity index is 734. The Morgan fingerprint density at radius 1 is 1.19 bits per heavy atom. The van der Waals surface area contributed by atoms with Gasteiger partial charge in [0.1, 0.15) is 6.10 Å². The van der Waals surface area contributed by atoms with E-state index in [1.807, 2.05) is 13.0 Å². The monoisotopic (exact) mass is 368 g/mol. The summed E-state index contributed by atoms with van der Waals surface area (Å²) in [6.45, 7) is 3.56. The van der Waals surface area contributed by atoms with Gasteiger partial charge < -0.3 is 19.5 Å². The number of aromatic nitrogens is 1. The van der Waals surface area contributed by atoms with Gasteiger partial charge in [-0.05, 0) is 30.7 Å². The molecule has 2 aromatic rings. The summed E-state index contributed by atoms with van der Waals surface area (Å²) in [6.07, 6.45) is -4.26. The van der Waals surface area contributed by atoms with Gasteiger partial charge in [0.15, 0.2) is 17.6 Å². The number of rotatable bonds is 5. The molecule has 1 aromatic carbocycles. The first kappa shape index (κ1) is 18.5. The lowest BCUT2D eigenvalue weighted by Gasteiger charge is -2.32. The standard InChI is InChI=1S/C18H19F3N2O3/c1-12-5-4-8-23-16(12)17(15-11-22-9-10-24-15)25-13-6-2-3-7-14(13)26-18(19,20)21/h2-8,15,17,22H,9-11H2,1H3/t15-,17+/m0/s1. The van der Waals surface area contributed by atoms with E-state index >= 15 is 0 Å². The summed E-state index contributed by atoms with van der Waals surface area (Å²) in [6, 6.07) is 9.34. The smallest absolute Gasteiger partial charge is 0.477 e. The van der Waals surface area contributed by atoms with Crippen molar-refractivity contribution in [1.82, 2.24) is 10.3 Å². The zero-order valence-corrected chi connectivity index (χ0v) is 14.1. The second-order valence-electron chi connectivity index (χ2n) is 5.85. The molecule has 1 aromatic heterocycles. The Kier molecular flexibility index (Phi) is 5.63. The number of alkyl halides is 3. The van der Waals surface area contributed by atoms with Crippen molar-refractivity contribution in [2.75, 3.05) is 19.7 Å². The van der Waals surface area contributed by atoms with E-state index in [-0.39, 0.29) is 5.75 Å². The number of halogens is 3. The first-order chi connectivity index (χ1) is 12.4. The van der Waals surface area contributed by atoms with Crippen molar-refractivity contribution in [1.29, 1.82) is 0 Å². The van der Waals surface area contributed by atoms with E-state index in [1.165, 1.54) is 18.2 Å². The molecule has 1 aliphatic rings. The summed E-state index contributed by atoms with van der Waals surface area (Å²) < 4.78 is 53.8. The second kappa shape index (κ2) is 7.92. The minimum atomic E-state index is -4.81. The van der Waals surface area contributed by atoms with Crippen molar-refractivity contribution < 1.29 is 27.4 Å². The van der Waals surface area contributed by atoms with E-state index < -0.39 is 24.3 Å². The van der Waals surface area contributed by atoms with Crippen molar-refractivity contribution in [3.8, 4) is 11.5 Å². The van der Waals surface area contributed by atoms with Crippen LogP contribution in [0, 0.1) is 6.92 Å². The van der Waals surface area contributed by atoms with Crippen LogP contribution in [0.4, 0.5) is 13.2 Å². The Labute approximate surface area is 149 Å². The number of nitrogens with one attached hydrogen (secondary N) is 1. The third-order valence-electron chi connectivity index (χ3n) is 3.94. The first-order valence-electron chi connectivity index (χ1n) is 8.19. The predicted octanol–water partition coefficient (Wildman–Crippen LogP) is 3.40. The maximum Gasteiger partial charge on any atom is 0.573 e. The highest BCUT2D eigenvalue weighted by molar-refractivity contribution is 5.40. The number of hydrogen-bond acceptors (Lipinski definition) is 5. The summed E-state index contributed by atoms with van der Waals surface area (Å²) in [4.78, 5) is 4.36. The van der Waals surface area contributed by atoms with Crippen molar-refractivity contribution in [3.63, 3.8) is 0 Å². The molecule has 8 heteroatoms. The Balaban J connectivity index is 1.93. The molecule has 1 N–H and O–H groups in total. The third kappa shape index (κ3) is 4.64. The molecule has 0 saturated carbocycles. The van der Waals surface area contributed by atoms with E-state index in [2.05, 4.69) is 15.0 Å². The third-order valence-corrected chi connectivity index (χ3v) is 3.94. The number of hydrogen-bond donors (Lipinski definition) is 1. The molecule has 0 spiro atoms. The van der Waals surface area contributed by atoms with Crippen molar-refractivity contribution in [3.05, 3.63) is 53.9 Å². The molecule has 0 amide bonds. The molecule has 1 aliphatic heterocycles. The Morgan fingerprint density at radius 3 is 2.62 bits per heavy atom. The molecule has 2 atom stereocenters. The predicted molar refractivity (Wildman–Crippen MR) is 88.1 cm³/mol. The average Bonchev–Trinajstić information content (AvgIpc) is 2.61. The highest BCUT2D eigenvalue weighted by Gasteiger charge is 2.34. The van der Waals surface area contributed by atoms with Crippen LogP contribution >= 0.6 is 0 Å². The molecular formula is C18H19F3N2O3. The quantitative estimate of drug-likeness (QED) is 0.877. The summed E-state index contributed by atoms with van der Waals surface area (Å²) in [5.41, 5.74) is 1.48. The lowest BCUT2D eigenvalue weighted by atomic mass is 10.0. The molecule has 0 unspecified atom stereocenters. The SMILES string of the molecule is Cc1cccnc1[C@H](Oc1ccccc1OC(F)(F)F)[C@@H]1CNCCO1. The van der Waals surface area contributed by atoms with Gasteiger partial charge in [0.25, 0.3) is 0 Å². The maximum absolute atomic E-state index is 12.7. The van der Waals surface area contributed by atoms with Crippen LogP contribution < -0.4 is 14.8 Å². The van der Waals surface area contributed by atoms with Gasteiger partial charge in [0.2, 0.25) is 0 Å². The maximum atomic E-state index is 12.7. The van der Waals surface area contributed by atoms with E-state index in [4.69, 9.17) is 9.47 Å². The van der Waals surface area contributed by atoms with E-state index in [9.17, 15) is 13.2 Å².